The van der Waals surface area contributed by atoms with E-state index in [0.717, 1.165) is 11.3 Å². The number of rotatable bonds is 3. The second kappa shape index (κ2) is 4.86. The largest absolute Gasteiger partial charge is 0.397 e. The Morgan fingerprint density at radius 3 is 2.94 bits per heavy atom. The van der Waals surface area contributed by atoms with Gasteiger partial charge in [0.25, 0.3) is 0 Å². The van der Waals surface area contributed by atoms with E-state index in [0.29, 0.717) is 17.3 Å². The molecule has 3 nitrogen and oxygen atoms in total. The molecule has 16 heavy (non-hydrogen) atoms. The lowest BCUT2D eigenvalue weighted by Crippen LogP contribution is -2.02. The molecule has 2 aromatic rings. The molecule has 0 spiro atoms. The van der Waals surface area contributed by atoms with Gasteiger partial charge in [-0.05, 0) is 29.8 Å². The van der Waals surface area contributed by atoms with Crippen molar-refractivity contribution in [2.75, 3.05) is 11.1 Å². The third kappa shape index (κ3) is 2.64. The van der Waals surface area contributed by atoms with Gasteiger partial charge in [-0.1, -0.05) is 17.7 Å². The fourth-order valence-corrected chi connectivity index (χ4v) is 1.55. The molecule has 0 saturated heterocycles. The van der Waals surface area contributed by atoms with E-state index < -0.39 is 0 Å². The Morgan fingerprint density at radius 1 is 1.31 bits per heavy atom. The highest BCUT2D eigenvalue weighted by atomic mass is 35.5. The molecule has 0 radical (unpaired) electrons. The summed E-state index contributed by atoms with van der Waals surface area (Å²) in [7, 11) is 0. The molecule has 0 fully saturated rings. The summed E-state index contributed by atoms with van der Waals surface area (Å²) in [4.78, 5) is 4.04. The van der Waals surface area contributed by atoms with Crippen molar-refractivity contribution >= 4 is 23.0 Å². The van der Waals surface area contributed by atoms with Crippen LogP contribution in [0.5, 0.6) is 0 Å². The number of hydrogen-bond acceptors (Lipinski definition) is 3. The molecule has 1 aromatic carbocycles. The molecule has 0 atom stereocenters. The van der Waals surface area contributed by atoms with E-state index in [1.807, 2.05) is 24.4 Å². The number of anilines is 2. The molecule has 0 aliphatic rings. The van der Waals surface area contributed by atoms with Gasteiger partial charge in [-0.3, -0.25) is 4.98 Å². The third-order valence-corrected chi connectivity index (χ3v) is 2.46. The number of nitrogen functional groups attached to an aromatic ring is 1. The number of nitrogens with two attached hydrogens (primary N) is 1. The van der Waals surface area contributed by atoms with Crippen LogP contribution in [0.25, 0.3) is 0 Å². The maximum absolute atomic E-state index is 5.89. The maximum Gasteiger partial charge on any atom is 0.0591 e. The van der Waals surface area contributed by atoms with Crippen LogP contribution in [0.1, 0.15) is 5.56 Å². The first kappa shape index (κ1) is 10.8. The summed E-state index contributed by atoms with van der Waals surface area (Å²) >= 11 is 5.89. The average molecular weight is 234 g/mol. The van der Waals surface area contributed by atoms with Crippen molar-refractivity contribution in [3.8, 4) is 0 Å². The molecule has 0 amide bonds. The van der Waals surface area contributed by atoms with Crippen LogP contribution in [0, 0.1) is 0 Å². The molecule has 0 aliphatic heterocycles. The number of benzene rings is 1. The lowest BCUT2D eigenvalue weighted by atomic mass is 10.2. The lowest BCUT2D eigenvalue weighted by Gasteiger charge is -2.09. The smallest absolute Gasteiger partial charge is 0.0591 e. The highest BCUT2D eigenvalue weighted by Crippen LogP contribution is 2.23. The summed E-state index contributed by atoms with van der Waals surface area (Å²) in [6.45, 7) is 0.679. The van der Waals surface area contributed by atoms with Gasteiger partial charge in [0, 0.05) is 24.0 Å². The highest BCUT2D eigenvalue weighted by Gasteiger charge is 1.99. The second-order valence-corrected chi connectivity index (χ2v) is 3.88. The number of pyridine rings is 1. The summed E-state index contributed by atoms with van der Waals surface area (Å²) in [6, 6.07) is 9.27. The van der Waals surface area contributed by atoms with Crippen LogP contribution in [0.2, 0.25) is 5.02 Å². The average Bonchev–Trinajstić information content (AvgIpc) is 2.32. The minimum Gasteiger partial charge on any atom is -0.397 e. The summed E-state index contributed by atoms with van der Waals surface area (Å²) in [5.41, 5.74) is 8.45. The van der Waals surface area contributed by atoms with E-state index in [-0.39, 0.29) is 0 Å². The van der Waals surface area contributed by atoms with E-state index >= 15 is 0 Å². The van der Waals surface area contributed by atoms with Crippen molar-refractivity contribution in [3.05, 3.63) is 53.3 Å². The normalized spacial score (nSPS) is 10.1. The zero-order valence-corrected chi connectivity index (χ0v) is 9.41. The van der Waals surface area contributed by atoms with Crippen molar-refractivity contribution in [1.82, 2.24) is 4.98 Å². The summed E-state index contributed by atoms with van der Waals surface area (Å²) in [5, 5.41) is 3.89. The van der Waals surface area contributed by atoms with Crippen LogP contribution < -0.4 is 11.1 Å². The fraction of sp³-hybridized carbons (Fsp3) is 0.0833. The summed E-state index contributed by atoms with van der Waals surface area (Å²) < 4.78 is 0. The molecule has 82 valence electrons. The Bertz CT molecular complexity index is 471. The molecular weight excluding hydrogens is 222 g/mol. The first-order chi connectivity index (χ1) is 7.75. The van der Waals surface area contributed by atoms with Gasteiger partial charge >= 0.3 is 0 Å². The SMILES string of the molecule is Nc1ccc(Cl)cc1NCc1cccnc1. The van der Waals surface area contributed by atoms with E-state index in [2.05, 4.69) is 10.3 Å². The highest BCUT2D eigenvalue weighted by molar-refractivity contribution is 6.31. The topological polar surface area (TPSA) is 50.9 Å². The number of aromatic nitrogens is 1. The first-order valence-corrected chi connectivity index (χ1v) is 5.31. The van der Waals surface area contributed by atoms with Gasteiger partial charge < -0.3 is 11.1 Å². The van der Waals surface area contributed by atoms with Gasteiger partial charge in [0.1, 0.15) is 0 Å². The van der Waals surface area contributed by atoms with Crippen LogP contribution >= 0.6 is 11.6 Å². The maximum atomic E-state index is 5.89. The van der Waals surface area contributed by atoms with Crippen LogP contribution in [-0.4, -0.2) is 4.98 Å². The monoisotopic (exact) mass is 233 g/mol. The van der Waals surface area contributed by atoms with Gasteiger partial charge in [0.2, 0.25) is 0 Å². The molecular formula is C12H12ClN3. The molecule has 4 heteroatoms. The van der Waals surface area contributed by atoms with Gasteiger partial charge in [-0.2, -0.15) is 0 Å². The number of nitrogens with zero attached hydrogens (tertiary/aromatic N) is 1. The Hall–Kier alpha value is -1.74. The predicted molar refractivity (Wildman–Crippen MR) is 67.4 cm³/mol. The second-order valence-electron chi connectivity index (χ2n) is 3.45. The lowest BCUT2D eigenvalue weighted by molar-refractivity contribution is 1.11. The zero-order chi connectivity index (χ0) is 11.4. The van der Waals surface area contributed by atoms with Gasteiger partial charge in [0.15, 0.2) is 0 Å². The van der Waals surface area contributed by atoms with Crippen molar-refractivity contribution in [3.63, 3.8) is 0 Å². The summed E-state index contributed by atoms with van der Waals surface area (Å²) in [5.74, 6) is 0. The predicted octanol–water partition coefficient (Wildman–Crippen LogP) is 2.93. The third-order valence-electron chi connectivity index (χ3n) is 2.22. The van der Waals surface area contributed by atoms with Crippen molar-refractivity contribution in [2.24, 2.45) is 0 Å². The molecule has 1 heterocycles. The van der Waals surface area contributed by atoms with Crippen LogP contribution in [0.4, 0.5) is 11.4 Å². The number of nitrogens with one attached hydrogen (secondary N) is 1. The Morgan fingerprint density at radius 2 is 2.19 bits per heavy atom. The van der Waals surface area contributed by atoms with E-state index in [1.165, 1.54) is 0 Å². The number of hydrogen-bond donors (Lipinski definition) is 2. The standard InChI is InChI=1S/C12H12ClN3/c13-10-3-4-11(14)12(6-10)16-8-9-2-1-5-15-7-9/h1-7,16H,8,14H2. The molecule has 3 N–H and O–H groups in total. The van der Waals surface area contributed by atoms with Gasteiger partial charge in [0.05, 0.1) is 11.4 Å². The van der Waals surface area contributed by atoms with E-state index in [4.69, 9.17) is 17.3 Å². The minimum absolute atomic E-state index is 0.669. The van der Waals surface area contributed by atoms with E-state index in [9.17, 15) is 0 Å². The zero-order valence-electron chi connectivity index (χ0n) is 8.65. The van der Waals surface area contributed by atoms with Gasteiger partial charge in [-0.15, -0.1) is 0 Å². The Balaban J connectivity index is 2.08. The van der Waals surface area contributed by atoms with Crippen molar-refractivity contribution in [2.45, 2.75) is 6.54 Å². The number of halogens is 1. The van der Waals surface area contributed by atoms with E-state index in [1.54, 1.807) is 18.3 Å². The molecule has 0 bridgehead atoms. The molecule has 0 aliphatic carbocycles. The fourth-order valence-electron chi connectivity index (χ4n) is 1.38. The Kier molecular flexibility index (Phi) is 3.27. The summed E-state index contributed by atoms with van der Waals surface area (Å²) in [6.07, 6.45) is 3.56. The quantitative estimate of drug-likeness (QED) is 0.802. The van der Waals surface area contributed by atoms with Crippen LogP contribution in [0.15, 0.2) is 42.7 Å². The van der Waals surface area contributed by atoms with Gasteiger partial charge in [-0.25, -0.2) is 0 Å². The molecule has 2 rings (SSSR count). The molecule has 1 aromatic heterocycles. The molecule has 0 unspecified atom stereocenters. The van der Waals surface area contributed by atoms with Crippen LogP contribution in [0.3, 0.4) is 0 Å². The molecule has 0 saturated carbocycles. The van der Waals surface area contributed by atoms with Crippen molar-refractivity contribution in [1.29, 1.82) is 0 Å². The first-order valence-electron chi connectivity index (χ1n) is 4.93. The van der Waals surface area contributed by atoms with Crippen LogP contribution in [-0.2, 0) is 6.54 Å². The van der Waals surface area contributed by atoms with Crippen molar-refractivity contribution < 1.29 is 0 Å². The Labute approximate surface area is 99.3 Å². The minimum atomic E-state index is 0.669.